The smallest absolute Gasteiger partial charge is 0.257 e. The molecule has 3 unspecified atom stereocenters. The van der Waals surface area contributed by atoms with Gasteiger partial charge >= 0.3 is 0 Å². The Kier molecular flexibility index (Phi) is 3.79. The Labute approximate surface area is 132 Å². The summed E-state index contributed by atoms with van der Waals surface area (Å²) in [6.07, 6.45) is 4.84. The maximum absolute atomic E-state index is 12.9. The van der Waals surface area contributed by atoms with Crippen molar-refractivity contribution in [1.82, 2.24) is 14.7 Å². The fourth-order valence-corrected chi connectivity index (χ4v) is 4.11. The van der Waals surface area contributed by atoms with Gasteiger partial charge in [0.25, 0.3) is 5.91 Å². The maximum Gasteiger partial charge on any atom is 0.257 e. The van der Waals surface area contributed by atoms with Gasteiger partial charge in [-0.3, -0.25) is 9.48 Å². The first-order valence-electron chi connectivity index (χ1n) is 8.45. The molecule has 1 aromatic rings. The normalized spacial score (nSPS) is 28.2. The number of carbonyl (C=O) groups is 1. The predicted molar refractivity (Wildman–Crippen MR) is 86.7 cm³/mol. The van der Waals surface area contributed by atoms with Gasteiger partial charge in [-0.1, -0.05) is 6.92 Å². The molecule has 0 radical (unpaired) electrons. The van der Waals surface area contributed by atoms with E-state index in [9.17, 15) is 4.79 Å². The number of carbonyl (C=O) groups excluding carboxylic acids is 1. The van der Waals surface area contributed by atoms with Crippen LogP contribution in [-0.2, 0) is 12.0 Å². The molecule has 2 fully saturated rings. The molecule has 1 saturated heterocycles. The number of fused-ring (bicyclic) bond motifs is 1. The van der Waals surface area contributed by atoms with Crippen molar-refractivity contribution in [2.24, 2.45) is 17.6 Å². The van der Waals surface area contributed by atoms with Gasteiger partial charge in [-0.25, -0.2) is 0 Å². The summed E-state index contributed by atoms with van der Waals surface area (Å²) >= 11 is 0. The molecule has 0 bridgehead atoms. The highest BCUT2D eigenvalue weighted by Gasteiger charge is 2.43. The van der Waals surface area contributed by atoms with Gasteiger partial charge in [0.1, 0.15) is 0 Å². The van der Waals surface area contributed by atoms with Gasteiger partial charge in [0.05, 0.1) is 23.0 Å². The van der Waals surface area contributed by atoms with Gasteiger partial charge in [-0.2, -0.15) is 5.10 Å². The number of nitrogens with zero attached hydrogens (tertiary/aromatic N) is 3. The highest BCUT2D eigenvalue weighted by Crippen LogP contribution is 2.37. The fraction of sp³-hybridized carbons (Fsp3) is 0.765. The number of nitrogens with two attached hydrogens (primary N) is 1. The summed E-state index contributed by atoms with van der Waals surface area (Å²) in [5, 5.41) is 4.48. The molecular formula is C17H28N4O. The lowest BCUT2D eigenvalue weighted by molar-refractivity contribution is 0.0778. The highest BCUT2D eigenvalue weighted by atomic mass is 16.2. The Hall–Kier alpha value is -1.36. The summed E-state index contributed by atoms with van der Waals surface area (Å²) in [6, 6.07) is 0.269. The molecule has 5 heteroatoms. The second kappa shape index (κ2) is 5.37. The van der Waals surface area contributed by atoms with E-state index in [1.54, 1.807) is 6.20 Å². The first-order chi connectivity index (χ1) is 10.3. The lowest BCUT2D eigenvalue weighted by atomic mass is 9.98. The van der Waals surface area contributed by atoms with Crippen LogP contribution in [0.5, 0.6) is 0 Å². The third-order valence-electron chi connectivity index (χ3n) is 5.27. The van der Waals surface area contributed by atoms with Crippen molar-refractivity contribution < 1.29 is 4.79 Å². The fourth-order valence-electron chi connectivity index (χ4n) is 4.11. The minimum Gasteiger partial charge on any atom is -0.338 e. The molecule has 0 aromatic carbocycles. The van der Waals surface area contributed by atoms with Crippen molar-refractivity contribution in [2.45, 2.75) is 58.5 Å². The number of hydrogen-bond donors (Lipinski definition) is 1. The van der Waals surface area contributed by atoms with E-state index in [2.05, 4.69) is 32.8 Å². The van der Waals surface area contributed by atoms with Crippen LogP contribution in [0.2, 0.25) is 0 Å². The van der Waals surface area contributed by atoms with Crippen LogP contribution in [0.1, 0.15) is 56.6 Å². The monoisotopic (exact) mass is 304 g/mol. The zero-order valence-electron chi connectivity index (χ0n) is 14.2. The third-order valence-corrected chi connectivity index (χ3v) is 5.27. The summed E-state index contributed by atoms with van der Waals surface area (Å²) < 4.78 is 1.99. The van der Waals surface area contributed by atoms with Crippen molar-refractivity contribution in [3.63, 3.8) is 0 Å². The molecule has 1 saturated carbocycles. The van der Waals surface area contributed by atoms with Crippen molar-refractivity contribution in [1.29, 1.82) is 0 Å². The Morgan fingerprint density at radius 2 is 2.09 bits per heavy atom. The number of rotatable bonds is 2. The van der Waals surface area contributed by atoms with E-state index in [0.29, 0.717) is 11.8 Å². The van der Waals surface area contributed by atoms with Gasteiger partial charge < -0.3 is 10.6 Å². The molecule has 2 N–H and O–H groups in total. The molecule has 0 spiro atoms. The summed E-state index contributed by atoms with van der Waals surface area (Å²) in [6.45, 7) is 10.1. The largest absolute Gasteiger partial charge is 0.338 e. The molecule has 2 aliphatic rings. The van der Waals surface area contributed by atoms with Gasteiger partial charge in [-0.15, -0.1) is 0 Å². The molecule has 2 heterocycles. The standard InChI is InChI=1S/C17H28N4O/c1-5-15-12(8-19-21(15)17(2,3)4)16(22)20-9-11-6-7-14(18)13(11)10-20/h8,11,13-14H,5-7,9-10,18H2,1-4H3. The third kappa shape index (κ3) is 2.45. The van der Waals surface area contributed by atoms with E-state index in [1.165, 1.54) is 0 Å². The molecular weight excluding hydrogens is 276 g/mol. The molecule has 5 nitrogen and oxygen atoms in total. The molecule has 1 amide bonds. The van der Waals surface area contributed by atoms with Crippen LogP contribution in [-0.4, -0.2) is 39.7 Å². The molecule has 3 atom stereocenters. The second-order valence-corrected chi connectivity index (χ2v) is 7.82. The van der Waals surface area contributed by atoms with Crippen LogP contribution in [0, 0.1) is 11.8 Å². The van der Waals surface area contributed by atoms with E-state index in [1.807, 2.05) is 9.58 Å². The Balaban J connectivity index is 1.83. The van der Waals surface area contributed by atoms with Gasteiger partial charge in [0.2, 0.25) is 0 Å². The second-order valence-electron chi connectivity index (χ2n) is 7.82. The van der Waals surface area contributed by atoms with Crippen molar-refractivity contribution >= 4 is 5.91 Å². The van der Waals surface area contributed by atoms with E-state index < -0.39 is 0 Å². The maximum atomic E-state index is 12.9. The minimum atomic E-state index is -0.103. The van der Waals surface area contributed by atoms with Gasteiger partial charge in [0, 0.05) is 19.1 Å². The molecule has 1 aliphatic carbocycles. The van der Waals surface area contributed by atoms with Crippen LogP contribution in [0.3, 0.4) is 0 Å². The van der Waals surface area contributed by atoms with Crippen molar-refractivity contribution in [2.75, 3.05) is 13.1 Å². The number of hydrogen-bond acceptors (Lipinski definition) is 3. The molecule has 1 aromatic heterocycles. The zero-order chi connectivity index (χ0) is 16.1. The van der Waals surface area contributed by atoms with Crippen LogP contribution in [0.25, 0.3) is 0 Å². The first-order valence-corrected chi connectivity index (χ1v) is 8.45. The topological polar surface area (TPSA) is 64.2 Å². The van der Waals surface area contributed by atoms with Crippen LogP contribution >= 0.6 is 0 Å². The number of likely N-dealkylation sites (tertiary alicyclic amines) is 1. The van der Waals surface area contributed by atoms with Gasteiger partial charge in [0.15, 0.2) is 0 Å². The first kappa shape index (κ1) is 15.5. The zero-order valence-corrected chi connectivity index (χ0v) is 14.2. The Morgan fingerprint density at radius 3 is 2.68 bits per heavy atom. The van der Waals surface area contributed by atoms with E-state index in [0.717, 1.165) is 43.6 Å². The Morgan fingerprint density at radius 1 is 1.36 bits per heavy atom. The van der Waals surface area contributed by atoms with Crippen LogP contribution in [0.15, 0.2) is 6.20 Å². The van der Waals surface area contributed by atoms with Gasteiger partial charge in [-0.05, 0) is 51.9 Å². The summed E-state index contributed by atoms with van der Waals surface area (Å²) in [5.41, 5.74) is 7.89. The molecule has 122 valence electrons. The molecule has 3 rings (SSSR count). The SMILES string of the molecule is CCc1c(C(=O)N2CC3CCC(N)C3C2)cnn1C(C)(C)C. The molecule has 22 heavy (non-hydrogen) atoms. The number of aromatic nitrogens is 2. The average Bonchev–Trinajstić information content (AvgIpc) is 3.12. The number of amides is 1. The summed E-state index contributed by atoms with van der Waals surface area (Å²) in [5.74, 6) is 1.22. The van der Waals surface area contributed by atoms with E-state index in [-0.39, 0.29) is 17.5 Å². The van der Waals surface area contributed by atoms with E-state index in [4.69, 9.17) is 5.73 Å². The lowest BCUT2D eigenvalue weighted by Gasteiger charge is -2.23. The van der Waals surface area contributed by atoms with Crippen molar-refractivity contribution in [3.8, 4) is 0 Å². The summed E-state index contributed by atoms with van der Waals surface area (Å²) in [4.78, 5) is 14.9. The van der Waals surface area contributed by atoms with E-state index >= 15 is 0 Å². The Bertz CT molecular complexity index is 572. The highest BCUT2D eigenvalue weighted by molar-refractivity contribution is 5.95. The van der Waals surface area contributed by atoms with Crippen LogP contribution < -0.4 is 5.73 Å². The quantitative estimate of drug-likeness (QED) is 0.909. The summed E-state index contributed by atoms with van der Waals surface area (Å²) in [7, 11) is 0. The van der Waals surface area contributed by atoms with Crippen LogP contribution in [0.4, 0.5) is 0 Å². The van der Waals surface area contributed by atoms with Crippen molar-refractivity contribution in [3.05, 3.63) is 17.5 Å². The minimum absolute atomic E-state index is 0.103. The predicted octanol–water partition coefficient (Wildman–Crippen LogP) is 2.01. The molecule has 1 aliphatic heterocycles. The average molecular weight is 304 g/mol. The lowest BCUT2D eigenvalue weighted by Crippen LogP contribution is -2.34.